The van der Waals surface area contributed by atoms with Gasteiger partial charge < -0.3 is 0 Å². The minimum Gasteiger partial charge on any atom is -0.252 e. The third-order valence-corrected chi connectivity index (χ3v) is 5.46. The van der Waals surface area contributed by atoms with Crippen molar-refractivity contribution in [2.24, 2.45) is 0 Å². The summed E-state index contributed by atoms with van der Waals surface area (Å²) >= 11 is 1.54. The summed E-state index contributed by atoms with van der Waals surface area (Å²) in [6.07, 6.45) is 0.919. The summed E-state index contributed by atoms with van der Waals surface area (Å²) in [4.78, 5) is 4.40. The first kappa shape index (κ1) is 10.8. The van der Waals surface area contributed by atoms with Gasteiger partial charge in [-0.2, -0.15) is 0 Å². The Labute approximate surface area is 95.8 Å². The number of benzene rings is 1. The molecular formula is C11H13NOS2. The van der Waals surface area contributed by atoms with Gasteiger partial charge in [0.1, 0.15) is 0 Å². The fourth-order valence-electron chi connectivity index (χ4n) is 1.26. The van der Waals surface area contributed by atoms with Gasteiger partial charge in [0, 0.05) is 5.25 Å². The number of fused-ring (bicyclic) bond motifs is 1. The maximum Gasteiger partial charge on any atom is 0.182 e. The van der Waals surface area contributed by atoms with Crippen molar-refractivity contribution in [1.82, 2.24) is 4.98 Å². The Morgan fingerprint density at radius 2 is 2.20 bits per heavy atom. The Balaban J connectivity index is 2.41. The van der Waals surface area contributed by atoms with E-state index in [9.17, 15) is 4.21 Å². The Bertz CT molecular complexity index is 459. The summed E-state index contributed by atoms with van der Waals surface area (Å²) in [7, 11) is -0.953. The van der Waals surface area contributed by atoms with E-state index < -0.39 is 10.8 Å². The smallest absolute Gasteiger partial charge is 0.182 e. The molecule has 0 fully saturated rings. The molecule has 0 spiro atoms. The molecule has 0 bridgehead atoms. The van der Waals surface area contributed by atoms with Gasteiger partial charge in [0.2, 0.25) is 0 Å². The van der Waals surface area contributed by atoms with Crippen LogP contribution in [0.25, 0.3) is 10.2 Å². The van der Waals surface area contributed by atoms with Crippen molar-refractivity contribution in [3.05, 3.63) is 24.3 Å². The topological polar surface area (TPSA) is 30.0 Å². The summed E-state index contributed by atoms with van der Waals surface area (Å²) in [6, 6.07) is 7.92. The minimum absolute atomic E-state index is 0.186. The molecule has 2 atom stereocenters. The molecule has 15 heavy (non-hydrogen) atoms. The summed E-state index contributed by atoms with van der Waals surface area (Å²) in [6.45, 7) is 4.05. The molecule has 0 saturated heterocycles. The quantitative estimate of drug-likeness (QED) is 0.823. The zero-order valence-electron chi connectivity index (χ0n) is 8.77. The van der Waals surface area contributed by atoms with Crippen molar-refractivity contribution in [1.29, 1.82) is 0 Å². The lowest BCUT2D eigenvalue weighted by Crippen LogP contribution is -2.08. The predicted molar refractivity (Wildman–Crippen MR) is 65.8 cm³/mol. The standard InChI is InChI=1S/C11H13NOS2/c1-3-8(2)15(13)11-12-9-6-4-5-7-10(9)14-11/h4-8H,3H2,1-2H3. The second-order valence-electron chi connectivity index (χ2n) is 3.46. The lowest BCUT2D eigenvalue weighted by Gasteiger charge is -2.03. The Morgan fingerprint density at radius 1 is 1.47 bits per heavy atom. The average molecular weight is 239 g/mol. The molecule has 1 aromatic carbocycles. The summed E-state index contributed by atoms with van der Waals surface area (Å²) in [5.41, 5.74) is 0.953. The van der Waals surface area contributed by atoms with Crippen LogP contribution >= 0.6 is 11.3 Å². The Kier molecular flexibility index (Phi) is 3.17. The molecule has 2 unspecified atom stereocenters. The molecular weight excluding hydrogens is 226 g/mol. The largest absolute Gasteiger partial charge is 0.252 e. The average Bonchev–Trinajstić information content (AvgIpc) is 2.70. The lowest BCUT2D eigenvalue weighted by molar-refractivity contribution is 0.670. The van der Waals surface area contributed by atoms with Crippen LogP contribution in [0, 0.1) is 0 Å². The van der Waals surface area contributed by atoms with Gasteiger partial charge in [-0.3, -0.25) is 4.21 Å². The van der Waals surface area contributed by atoms with Crippen LogP contribution in [0.3, 0.4) is 0 Å². The SMILES string of the molecule is CCC(C)S(=O)c1nc2ccccc2s1. The van der Waals surface area contributed by atoms with Gasteiger partial charge in [-0.15, -0.1) is 11.3 Å². The van der Waals surface area contributed by atoms with E-state index in [1.807, 2.05) is 31.2 Å². The second kappa shape index (κ2) is 4.41. The summed E-state index contributed by atoms with van der Waals surface area (Å²) in [5, 5.41) is 0.186. The molecule has 0 radical (unpaired) electrons. The number of aromatic nitrogens is 1. The van der Waals surface area contributed by atoms with Gasteiger partial charge >= 0.3 is 0 Å². The zero-order chi connectivity index (χ0) is 10.8. The van der Waals surface area contributed by atoms with Crippen molar-refractivity contribution in [3.63, 3.8) is 0 Å². The fraction of sp³-hybridized carbons (Fsp3) is 0.364. The van der Waals surface area contributed by atoms with Crippen molar-refractivity contribution in [2.75, 3.05) is 0 Å². The number of rotatable bonds is 3. The third-order valence-electron chi connectivity index (χ3n) is 2.39. The molecule has 2 rings (SSSR count). The zero-order valence-corrected chi connectivity index (χ0v) is 10.4. The molecule has 2 aromatic rings. The fourth-order valence-corrected chi connectivity index (χ4v) is 3.88. The van der Waals surface area contributed by atoms with Crippen LogP contribution in [0.4, 0.5) is 0 Å². The van der Waals surface area contributed by atoms with E-state index >= 15 is 0 Å². The summed E-state index contributed by atoms with van der Waals surface area (Å²) < 4.78 is 13.9. The van der Waals surface area contributed by atoms with Crippen molar-refractivity contribution < 1.29 is 4.21 Å². The molecule has 0 amide bonds. The molecule has 80 valence electrons. The molecule has 0 aliphatic heterocycles. The molecule has 0 N–H and O–H groups in total. The predicted octanol–water partition coefficient (Wildman–Crippen LogP) is 3.20. The van der Waals surface area contributed by atoms with Gasteiger partial charge in [-0.25, -0.2) is 4.98 Å². The summed E-state index contributed by atoms with van der Waals surface area (Å²) in [5.74, 6) is 0. The number of para-hydroxylation sites is 1. The number of hydrogen-bond donors (Lipinski definition) is 0. The highest BCUT2D eigenvalue weighted by atomic mass is 32.2. The number of nitrogens with zero attached hydrogens (tertiary/aromatic N) is 1. The molecule has 2 nitrogen and oxygen atoms in total. The van der Waals surface area contributed by atoms with E-state index in [2.05, 4.69) is 11.9 Å². The highest BCUT2D eigenvalue weighted by molar-refractivity contribution is 7.87. The molecule has 0 aliphatic carbocycles. The van der Waals surface area contributed by atoms with E-state index in [-0.39, 0.29) is 5.25 Å². The molecule has 0 aliphatic rings. The van der Waals surface area contributed by atoms with Crippen LogP contribution in [0.15, 0.2) is 28.6 Å². The van der Waals surface area contributed by atoms with E-state index in [0.717, 1.165) is 21.0 Å². The van der Waals surface area contributed by atoms with Crippen LogP contribution < -0.4 is 0 Å². The molecule has 4 heteroatoms. The van der Waals surface area contributed by atoms with Crippen LogP contribution in [0.2, 0.25) is 0 Å². The lowest BCUT2D eigenvalue weighted by atomic mass is 10.3. The van der Waals surface area contributed by atoms with Crippen molar-refractivity contribution in [3.8, 4) is 0 Å². The third kappa shape index (κ3) is 2.11. The molecule has 0 saturated carbocycles. The highest BCUT2D eigenvalue weighted by Crippen LogP contribution is 2.25. The van der Waals surface area contributed by atoms with Gasteiger partial charge in [-0.1, -0.05) is 26.0 Å². The van der Waals surface area contributed by atoms with Crippen LogP contribution in [-0.4, -0.2) is 14.4 Å². The van der Waals surface area contributed by atoms with Gasteiger partial charge in [-0.05, 0) is 18.6 Å². The van der Waals surface area contributed by atoms with Crippen LogP contribution in [-0.2, 0) is 10.8 Å². The minimum atomic E-state index is -0.953. The maximum atomic E-state index is 12.0. The van der Waals surface area contributed by atoms with E-state index in [4.69, 9.17) is 0 Å². The van der Waals surface area contributed by atoms with Crippen molar-refractivity contribution >= 4 is 32.4 Å². The van der Waals surface area contributed by atoms with E-state index in [1.165, 1.54) is 11.3 Å². The van der Waals surface area contributed by atoms with Gasteiger partial charge in [0.25, 0.3) is 0 Å². The van der Waals surface area contributed by atoms with Crippen LogP contribution in [0.1, 0.15) is 20.3 Å². The second-order valence-corrected chi connectivity index (χ2v) is 6.54. The maximum absolute atomic E-state index is 12.0. The van der Waals surface area contributed by atoms with Crippen molar-refractivity contribution in [2.45, 2.75) is 29.9 Å². The molecule has 1 heterocycles. The normalized spacial score (nSPS) is 15.3. The van der Waals surface area contributed by atoms with E-state index in [1.54, 1.807) is 0 Å². The monoisotopic (exact) mass is 239 g/mol. The number of hydrogen-bond acceptors (Lipinski definition) is 3. The first-order chi connectivity index (χ1) is 7.22. The Hall–Kier alpha value is -0.740. The number of thiazole rings is 1. The van der Waals surface area contributed by atoms with E-state index in [0.29, 0.717) is 0 Å². The van der Waals surface area contributed by atoms with Gasteiger partial charge in [0.05, 0.1) is 21.0 Å². The molecule has 1 aromatic heterocycles. The van der Waals surface area contributed by atoms with Crippen LogP contribution in [0.5, 0.6) is 0 Å². The first-order valence-corrected chi connectivity index (χ1v) is 7.01. The highest BCUT2D eigenvalue weighted by Gasteiger charge is 2.15. The van der Waals surface area contributed by atoms with Gasteiger partial charge in [0.15, 0.2) is 4.34 Å². The first-order valence-electron chi connectivity index (χ1n) is 4.98. The Morgan fingerprint density at radius 3 is 2.87 bits per heavy atom.